The fourth-order valence-corrected chi connectivity index (χ4v) is 3.11. The lowest BCUT2D eigenvalue weighted by Crippen LogP contribution is -2.33. The number of amides is 2. The van der Waals surface area contributed by atoms with E-state index in [4.69, 9.17) is 4.74 Å². The van der Waals surface area contributed by atoms with Gasteiger partial charge in [0.25, 0.3) is 11.8 Å². The number of carbonyl (C=O) groups excluding carboxylic acids is 2. The van der Waals surface area contributed by atoms with Gasteiger partial charge in [0.2, 0.25) is 0 Å². The van der Waals surface area contributed by atoms with Crippen molar-refractivity contribution in [1.82, 2.24) is 4.90 Å². The monoisotopic (exact) mass is 382 g/mol. The summed E-state index contributed by atoms with van der Waals surface area (Å²) in [5.41, 5.74) is 3.88. The minimum atomic E-state index is -0.401. The molecule has 2 amide bonds. The number of rotatable bonds is 7. The van der Waals surface area contributed by atoms with Crippen LogP contribution in [0, 0.1) is 19.7 Å². The molecule has 1 heterocycles. The normalized spacial score (nSPS) is 14.2. The van der Waals surface area contributed by atoms with E-state index in [1.54, 1.807) is 7.11 Å². The summed E-state index contributed by atoms with van der Waals surface area (Å²) in [6.07, 6.45) is 0.543. The van der Waals surface area contributed by atoms with Crippen LogP contribution in [0.1, 0.15) is 23.1 Å². The highest BCUT2D eigenvalue weighted by atomic mass is 19.1. The zero-order chi connectivity index (χ0) is 20.3. The molecule has 3 rings (SSSR count). The van der Waals surface area contributed by atoms with Crippen molar-refractivity contribution in [2.24, 2.45) is 0 Å². The molecule has 0 radical (unpaired) electrons. The number of hydrogen-bond donors (Lipinski definition) is 1. The molecule has 28 heavy (non-hydrogen) atoms. The minimum Gasteiger partial charge on any atom is -0.385 e. The van der Waals surface area contributed by atoms with Crippen LogP contribution < -0.4 is 5.32 Å². The third-order valence-corrected chi connectivity index (χ3v) is 4.81. The van der Waals surface area contributed by atoms with Crippen molar-refractivity contribution in [2.45, 2.75) is 20.3 Å². The molecule has 0 aromatic heterocycles. The standard InChI is InChI=1S/C22H23FN2O3/c1-14-5-10-18(13-15(14)2)24-20-19(16-6-8-17(23)9-7-16)21(26)25(22(20)27)11-4-12-28-3/h5-10,13,24H,4,11-12H2,1-3H3. The van der Waals surface area contributed by atoms with Crippen LogP contribution in [0.4, 0.5) is 10.1 Å². The highest BCUT2D eigenvalue weighted by Crippen LogP contribution is 2.31. The van der Waals surface area contributed by atoms with E-state index in [9.17, 15) is 14.0 Å². The number of benzene rings is 2. The van der Waals surface area contributed by atoms with Crippen molar-refractivity contribution in [3.63, 3.8) is 0 Å². The largest absolute Gasteiger partial charge is 0.385 e. The van der Waals surface area contributed by atoms with Crippen molar-refractivity contribution in [3.05, 3.63) is 70.7 Å². The van der Waals surface area contributed by atoms with Crippen LogP contribution in [0.15, 0.2) is 48.2 Å². The summed E-state index contributed by atoms with van der Waals surface area (Å²) in [4.78, 5) is 27.2. The van der Waals surface area contributed by atoms with Crippen molar-refractivity contribution < 1.29 is 18.7 Å². The molecule has 0 saturated carbocycles. The fraction of sp³-hybridized carbons (Fsp3) is 0.273. The Hall–Kier alpha value is -2.99. The van der Waals surface area contributed by atoms with E-state index >= 15 is 0 Å². The first-order valence-electron chi connectivity index (χ1n) is 9.12. The van der Waals surface area contributed by atoms with E-state index in [1.165, 1.54) is 29.2 Å². The van der Waals surface area contributed by atoms with E-state index in [1.807, 2.05) is 32.0 Å². The van der Waals surface area contributed by atoms with Gasteiger partial charge in [-0.15, -0.1) is 0 Å². The Labute approximate surface area is 163 Å². The number of aryl methyl sites for hydroxylation is 2. The predicted octanol–water partition coefficient (Wildman–Crippen LogP) is 3.67. The van der Waals surface area contributed by atoms with Gasteiger partial charge >= 0.3 is 0 Å². The van der Waals surface area contributed by atoms with Gasteiger partial charge < -0.3 is 10.1 Å². The summed E-state index contributed by atoms with van der Waals surface area (Å²) in [6, 6.07) is 11.3. The Morgan fingerprint density at radius 3 is 2.36 bits per heavy atom. The summed E-state index contributed by atoms with van der Waals surface area (Å²) < 4.78 is 18.4. The van der Waals surface area contributed by atoms with Crippen molar-refractivity contribution >= 4 is 23.1 Å². The lowest BCUT2D eigenvalue weighted by molar-refractivity contribution is -0.136. The molecule has 6 heteroatoms. The molecule has 0 aliphatic carbocycles. The molecule has 0 fully saturated rings. The topological polar surface area (TPSA) is 58.6 Å². The van der Waals surface area contributed by atoms with Gasteiger partial charge in [-0.3, -0.25) is 14.5 Å². The third kappa shape index (κ3) is 3.97. The Kier molecular flexibility index (Phi) is 5.90. The Bertz CT molecular complexity index is 935. The van der Waals surface area contributed by atoms with Gasteiger partial charge in [0, 0.05) is 25.9 Å². The summed E-state index contributed by atoms with van der Waals surface area (Å²) >= 11 is 0. The van der Waals surface area contributed by atoms with E-state index in [0.717, 1.165) is 16.8 Å². The van der Waals surface area contributed by atoms with Gasteiger partial charge in [-0.1, -0.05) is 18.2 Å². The number of anilines is 1. The number of hydrogen-bond acceptors (Lipinski definition) is 4. The van der Waals surface area contributed by atoms with Crippen LogP contribution in [-0.4, -0.2) is 37.0 Å². The van der Waals surface area contributed by atoms with Crippen molar-refractivity contribution in [3.8, 4) is 0 Å². The lowest BCUT2D eigenvalue weighted by Gasteiger charge is -2.15. The Morgan fingerprint density at radius 1 is 1.00 bits per heavy atom. The molecule has 5 nitrogen and oxygen atoms in total. The number of ether oxygens (including phenoxy) is 1. The molecule has 1 aliphatic heterocycles. The summed E-state index contributed by atoms with van der Waals surface area (Å²) in [5, 5.41) is 3.12. The second-order valence-electron chi connectivity index (χ2n) is 6.79. The molecule has 0 unspecified atom stereocenters. The zero-order valence-electron chi connectivity index (χ0n) is 16.2. The predicted molar refractivity (Wildman–Crippen MR) is 106 cm³/mol. The number of carbonyl (C=O) groups is 2. The second kappa shape index (κ2) is 8.35. The van der Waals surface area contributed by atoms with Crippen LogP contribution in [0.2, 0.25) is 0 Å². The van der Waals surface area contributed by atoms with Crippen molar-refractivity contribution in [2.75, 3.05) is 25.6 Å². The number of imide groups is 1. The van der Waals surface area contributed by atoms with E-state index in [-0.39, 0.29) is 23.7 Å². The zero-order valence-corrected chi connectivity index (χ0v) is 16.2. The Morgan fingerprint density at radius 2 is 1.71 bits per heavy atom. The molecule has 0 atom stereocenters. The number of nitrogens with one attached hydrogen (secondary N) is 1. The van der Waals surface area contributed by atoms with E-state index < -0.39 is 11.7 Å². The molecule has 0 bridgehead atoms. The number of methoxy groups -OCH3 is 1. The average Bonchev–Trinajstić information content (AvgIpc) is 2.90. The van der Waals surface area contributed by atoms with Gasteiger partial charge in [0.1, 0.15) is 11.5 Å². The molecule has 146 valence electrons. The van der Waals surface area contributed by atoms with Crippen LogP contribution in [0.3, 0.4) is 0 Å². The van der Waals surface area contributed by atoms with Gasteiger partial charge in [0.15, 0.2) is 0 Å². The maximum Gasteiger partial charge on any atom is 0.278 e. The molecular weight excluding hydrogens is 359 g/mol. The highest BCUT2D eigenvalue weighted by Gasteiger charge is 2.38. The van der Waals surface area contributed by atoms with Crippen LogP contribution in [-0.2, 0) is 14.3 Å². The molecule has 1 N–H and O–H groups in total. The molecule has 1 aliphatic rings. The number of halogens is 1. The third-order valence-electron chi connectivity index (χ3n) is 4.81. The first-order chi connectivity index (χ1) is 13.4. The van der Waals surface area contributed by atoms with E-state index in [0.29, 0.717) is 18.6 Å². The maximum atomic E-state index is 13.3. The highest BCUT2D eigenvalue weighted by molar-refractivity contribution is 6.36. The Balaban J connectivity index is 1.99. The van der Waals surface area contributed by atoms with Gasteiger partial charge in [-0.25, -0.2) is 4.39 Å². The minimum absolute atomic E-state index is 0.206. The number of nitrogens with zero attached hydrogens (tertiary/aromatic N) is 1. The quantitative estimate of drug-likeness (QED) is 0.586. The first kappa shape index (κ1) is 19.8. The molecule has 2 aromatic carbocycles. The molecular formula is C22H23FN2O3. The van der Waals surface area contributed by atoms with Gasteiger partial charge in [-0.2, -0.15) is 0 Å². The van der Waals surface area contributed by atoms with Gasteiger partial charge in [-0.05, 0) is 61.2 Å². The van der Waals surface area contributed by atoms with Crippen LogP contribution >= 0.6 is 0 Å². The van der Waals surface area contributed by atoms with Gasteiger partial charge in [0.05, 0.1) is 5.57 Å². The van der Waals surface area contributed by atoms with E-state index in [2.05, 4.69) is 5.32 Å². The fourth-order valence-electron chi connectivity index (χ4n) is 3.11. The summed E-state index contributed by atoms with van der Waals surface area (Å²) in [7, 11) is 1.57. The maximum absolute atomic E-state index is 13.3. The SMILES string of the molecule is COCCCN1C(=O)C(Nc2ccc(C)c(C)c2)=C(c2ccc(F)cc2)C1=O. The summed E-state index contributed by atoms with van der Waals surface area (Å²) in [5.74, 6) is -1.18. The molecule has 0 saturated heterocycles. The molecule has 0 spiro atoms. The van der Waals surface area contributed by atoms with Crippen LogP contribution in [0.5, 0.6) is 0 Å². The van der Waals surface area contributed by atoms with Crippen LogP contribution in [0.25, 0.3) is 5.57 Å². The smallest absolute Gasteiger partial charge is 0.278 e. The first-order valence-corrected chi connectivity index (χ1v) is 9.12. The summed E-state index contributed by atoms with van der Waals surface area (Å²) in [6.45, 7) is 4.69. The van der Waals surface area contributed by atoms with Crippen molar-refractivity contribution in [1.29, 1.82) is 0 Å². The molecule has 2 aromatic rings. The lowest BCUT2D eigenvalue weighted by atomic mass is 10.0. The average molecular weight is 382 g/mol. The second-order valence-corrected chi connectivity index (χ2v) is 6.79.